The van der Waals surface area contributed by atoms with Crippen LogP contribution >= 0.6 is 0 Å². The number of phenolic OH excluding ortho intramolecular Hbond substituents is 4. The Hall–Kier alpha value is -7.29. The smallest absolute Gasteiger partial charge is 0.407 e. The van der Waals surface area contributed by atoms with Gasteiger partial charge in [-0.25, -0.2) is 9.59 Å². The number of amides is 4. The molecule has 0 bridgehead atoms. The molecular weight excluding hydrogens is 785 g/mol. The molecule has 0 aliphatic carbocycles. The lowest BCUT2D eigenvalue weighted by Crippen LogP contribution is -2.48. The fraction of sp³-hybridized carbons (Fsp3) is 0.283. The van der Waals surface area contributed by atoms with Crippen molar-refractivity contribution in [1.82, 2.24) is 21.3 Å². The van der Waals surface area contributed by atoms with Crippen LogP contribution in [0.4, 0.5) is 4.79 Å². The Balaban J connectivity index is 0.000000421. The average Bonchev–Trinajstić information content (AvgIpc) is 3.22. The lowest BCUT2D eigenvalue weighted by molar-refractivity contribution is -0.140. The second-order valence-electron chi connectivity index (χ2n) is 13.7. The molecule has 2 atom stereocenters. The molecule has 15 nitrogen and oxygen atoms in total. The number of aromatic hydroxyl groups is 4. The number of rotatable bonds is 19. The van der Waals surface area contributed by atoms with Crippen LogP contribution in [0.25, 0.3) is 0 Å². The van der Waals surface area contributed by atoms with E-state index >= 15 is 0 Å². The van der Waals surface area contributed by atoms with E-state index in [-0.39, 0.29) is 67.4 Å². The van der Waals surface area contributed by atoms with Crippen LogP contribution in [0.1, 0.15) is 43.5 Å². The van der Waals surface area contributed by atoms with Gasteiger partial charge in [-0.3, -0.25) is 14.4 Å². The maximum absolute atomic E-state index is 12.7. The zero-order chi connectivity index (χ0) is 44.0. The number of alkyl carbamates (subject to hydrolysis) is 1. The van der Waals surface area contributed by atoms with Crippen molar-refractivity contribution in [2.45, 2.75) is 59.0 Å². The number of esters is 1. The topological polar surface area (TPSA) is 233 Å². The molecule has 4 aromatic rings. The molecule has 0 aliphatic heterocycles. The maximum atomic E-state index is 12.7. The van der Waals surface area contributed by atoms with Gasteiger partial charge in [0.05, 0.1) is 0 Å². The summed E-state index contributed by atoms with van der Waals surface area (Å²) < 4.78 is 9.85. The molecule has 4 rings (SSSR count). The predicted octanol–water partition coefficient (Wildman–Crippen LogP) is 4.91. The SMILES string of the molecule is C.C=C(C)C(=O)N[C@@H](Cc1ccc(O)cc1)C(=O)NCCc1ccc(O)cc1.C=C(C)C(=O)OCCOC(=O)N[C@@H](Cc1ccc(O)cc1)C(=O)NCCc1ccc(O)cc1. The van der Waals surface area contributed by atoms with Gasteiger partial charge in [0.25, 0.3) is 0 Å². The molecule has 0 saturated carbocycles. The average molecular weight is 841 g/mol. The van der Waals surface area contributed by atoms with Crippen molar-refractivity contribution >= 4 is 29.8 Å². The van der Waals surface area contributed by atoms with Gasteiger partial charge in [-0.2, -0.15) is 0 Å². The van der Waals surface area contributed by atoms with Crippen LogP contribution in [0.3, 0.4) is 0 Å². The minimum absolute atomic E-state index is 0. The van der Waals surface area contributed by atoms with Crippen LogP contribution in [0.5, 0.6) is 23.0 Å². The molecule has 326 valence electrons. The summed E-state index contributed by atoms with van der Waals surface area (Å²) in [5.41, 5.74) is 4.00. The van der Waals surface area contributed by atoms with Gasteiger partial charge in [0.15, 0.2) is 0 Å². The zero-order valence-corrected chi connectivity index (χ0v) is 33.6. The molecule has 0 spiro atoms. The van der Waals surface area contributed by atoms with E-state index in [1.165, 1.54) is 31.2 Å². The molecule has 0 aromatic heterocycles. The van der Waals surface area contributed by atoms with Crippen LogP contribution in [0.2, 0.25) is 0 Å². The van der Waals surface area contributed by atoms with Crippen molar-refractivity contribution in [1.29, 1.82) is 0 Å². The summed E-state index contributed by atoms with van der Waals surface area (Å²) in [6.45, 7) is 10.5. The standard InChI is InChI=1S/C24H28N2O7.C21H24N2O4.CH4/c1-16(2)23(30)32-13-14-33-24(31)26-21(15-18-5-9-20(28)10-6-18)22(29)25-12-11-17-3-7-19(27)8-4-17;1-14(2)20(26)23-19(13-16-5-9-18(25)10-6-16)21(27)22-12-11-15-3-7-17(24)8-4-15;/h3-10,21,27-28H,1,11-15H2,2H3,(H,25,29)(H,26,31);3-10,19,24-25H,1,11-13H2,2H3,(H,22,27)(H,23,26);1H4/t21-;19-;/m00./s1. The molecule has 15 heteroatoms. The largest absolute Gasteiger partial charge is 0.508 e. The highest BCUT2D eigenvalue weighted by atomic mass is 16.6. The van der Waals surface area contributed by atoms with Gasteiger partial charge >= 0.3 is 12.1 Å². The lowest BCUT2D eigenvalue weighted by atomic mass is 10.0. The normalized spacial score (nSPS) is 11.1. The zero-order valence-electron chi connectivity index (χ0n) is 33.6. The van der Waals surface area contributed by atoms with Crippen molar-refractivity contribution in [2.75, 3.05) is 26.3 Å². The van der Waals surface area contributed by atoms with Crippen molar-refractivity contribution in [3.63, 3.8) is 0 Å². The molecule has 0 heterocycles. The van der Waals surface area contributed by atoms with E-state index in [1.807, 2.05) is 0 Å². The number of carbonyl (C=O) groups excluding carboxylic acids is 5. The molecule has 0 unspecified atom stereocenters. The molecule has 4 amide bonds. The Morgan fingerprint density at radius 1 is 0.525 bits per heavy atom. The van der Waals surface area contributed by atoms with Gasteiger partial charge in [-0.15, -0.1) is 0 Å². The Labute approximate surface area is 356 Å². The number of ether oxygens (including phenoxy) is 2. The van der Waals surface area contributed by atoms with E-state index in [0.29, 0.717) is 37.9 Å². The number of carbonyl (C=O) groups is 5. The first-order valence-corrected chi connectivity index (χ1v) is 19.0. The second kappa shape index (κ2) is 25.9. The number of benzene rings is 4. The summed E-state index contributed by atoms with van der Waals surface area (Å²) in [5, 5.41) is 48.3. The number of hydrogen-bond acceptors (Lipinski definition) is 11. The van der Waals surface area contributed by atoms with Crippen molar-refractivity contribution < 1.29 is 53.9 Å². The number of hydrogen-bond donors (Lipinski definition) is 8. The highest BCUT2D eigenvalue weighted by Gasteiger charge is 2.23. The highest BCUT2D eigenvalue weighted by Crippen LogP contribution is 2.14. The Morgan fingerprint density at radius 3 is 1.23 bits per heavy atom. The van der Waals surface area contributed by atoms with Gasteiger partial charge in [-0.05, 0) is 97.5 Å². The third-order valence-corrected chi connectivity index (χ3v) is 8.57. The third-order valence-electron chi connectivity index (χ3n) is 8.57. The van der Waals surface area contributed by atoms with Crippen molar-refractivity contribution in [3.05, 3.63) is 144 Å². The van der Waals surface area contributed by atoms with Crippen LogP contribution in [-0.2, 0) is 54.3 Å². The van der Waals surface area contributed by atoms with Gasteiger partial charge < -0.3 is 51.2 Å². The summed E-state index contributed by atoms with van der Waals surface area (Å²) in [4.78, 5) is 60.8. The summed E-state index contributed by atoms with van der Waals surface area (Å²) in [6.07, 6.45) is 0.775. The quantitative estimate of drug-likeness (QED) is 0.0359. The number of phenols is 4. The van der Waals surface area contributed by atoms with E-state index in [1.54, 1.807) is 79.7 Å². The Kier molecular flexibility index (Phi) is 21.2. The van der Waals surface area contributed by atoms with Crippen LogP contribution in [-0.4, -0.2) is 88.6 Å². The van der Waals surface area contributed by atoms with E-state index in [9.17, 15) is 44.4 Å². The van der Waals surface area contributed by atoms with Crippen LogP contribution in [0.15, 0.2) is 121 Å². The molecule has 0 radical (unpaired) electrons. The molecule has 8 N–H and O–H groups in total. The van der Waals surface area contributed by atoms with E-state index in [4.69, 9.17) is 9.47 Å². The number of nitrogens with one attached hydrogen (secondary N) is 4. The third kappa shape index (κ3) is 19.3. The Morgan fingerprint density at radius 2 is 0.869 bits per heavy atom. The van der Waals surface area contributed by atoms with Crippen molar-refractivity contribution in [3.8, 4) is 23.0 Å². The van der Waals surface area contributed by atoms with E-state index in [0.717, 1.165) is 22.3 Å². The van der Waals surface area contributed by atoms with Crippen LogP contribution < -0.4 is 21.3 Å². The Bertz CT molecular complexity index is 2050. The summed E-state index contributed by atoms with van der Waals surface area (Å²) >= 11 is 0. The fourth-order valence-electron chi connectivity index (χ4n) is 5.24. The first-order chi connectivity index (χ1) is 28.6. The molecule has 0 aliphatic rings. The summed E-state index contributed by atoms with van der Waals surface area (Å²) in [6, 6.07) is 24.5. The highest BCUT2D eigenvalue weighted by molar-refractivity contribution is 5.96. The van der Waals surface area contributed by atoms with E-state index in [2.05, 4.69) is 34.4 Å². The van der Waals surface area contributed by atoms with Gasteiger partial charge in [0, 0.05) is 37.1 Å². The maximum Gasteiger partial charge on any atom is 0.407 e. The van der Waals surface area contributed by atoms with Gasteiger partial charge in [0.2, 0.25) is 17.7 Å². The molecule has 0 fully saturated rings. The van der Waals surface area contributed by atoms with Crippen molar-refractivity contribution in [2.24, 2.45) is 0 Å². The fourth-order valence-corrected chi connectivity index (χ4v) is 5.24. The summed E-state index contributed by atoms with van der Waals surface area (Å²) in [5.74, 6) is -1.09. The van der Waals surface area contributed by atoms with Gasteiger partial charge in [-0.1, -0.05) is 69.1 Å². The predicted molar refractivity (Wildman–Crippen MR) is 231 cm³/mol. The molecular formula is C46H56N4O11. The van der Waals surface area contributed by atoms with Gasteiger partial charge in [0.1, 0.15) is 48.3 Å². The first-order valence-electron chi connectivity index (χ1n) is 19.0. The monoisotopic (exact) mass is 840 g/mol. The first kappa shape index (κ1) is 49.9. The minimum Gasteiger partial charge on any atom is -0.508 e. The summed E-state index contributed by atoms with van der Waals surface area (Å²) in [7, 11) is 0. The lowest BCUT2D eigenvalue weighted by Gasteiger charge is -2.19. The minimum atomic E-state index is -0.931. The molecule has 0 saturated heterocycles. The van der Waals surface area contributed by atoms with Crippen LogP contribution in [0, 0.1) is 0 Å². The molecule has 4 aromatic carbocycles. The van der Waals surface area contributed by atoms with E-state index < -0.39 is 30.1 Å². The second-order valence-corrected chi connectivity index (χ2v) is 13.7. The molecule has 61 heavy (non-hydrogen) atoms.